The number of hydrogen-bond donors (Lipinski definition) is 2. The maximum atomic E-state index is 12.7. The average molecular weight is 428 g/mol. The summed E-state index contributed by atoms with van der Waals surface area (Å²) < 4.78 is 10.9. The number of carbonyl (C=O) groups is 2. The van der Waals surface area contributed by atoms with Crippen LogP contribution in [-0.4, -0.2) is 41.3 Å². The number of hydrogen-bond acceptors (Lipinski definition) is 6. The Kier molecular flexibility index (Phi) is 7.73. The lowest BCUT2D eigenvalue weighted by Gasteiger charge is -2.20. The van der Waals surface area contributed by atoms with Gasteiger partial charge in [0.05, 0.1) is 23.9 Å². The molecule has 0 spiro atoms. The quantitative estimate of drug-likeness (QED) is 0.290. The molecule has 30 heavy (non-hydrogen) atoms. The number of carbonyl (C=O) groups excluding carboxylic acids is 2. The Labute approximate surface area is 179 Å². The number of imidazole rings is 1. The summed E-state index contributed by atoms with van der Waals surface area (Å²) >= 11 is 1.23. The van der Waals surface area contributed by atoms with Crippen molar-refractivity contribution < 1.29 is 19.1 Å². The van der Waals surface area contributed by atoms with Crippen LogP contribution in [-0.2, 0) is 14.3 Å². The van der Waals surface area contributed by atoms with Crippen LogP contribution >= 0.6 is 11.8 Å². The summed E-state index contributed by atoms with van der Waals surface area (Å²) in [5.41, 5.74) is 2.24. The molecule has 0 fully saturated rings. The van der Waals surface area contributed by atoms with Gasteiger partial charge in [0, 0.05) is 12.1 Å². The van der Waals surface area contributed by atoms with Gasteiger partial charge in [-0.1, -0.05) is 55.4 Å². The number of aromatic nitrogens is 2. The van der Waals surface area contributed by atoms with E-state index in [1.165, 1.54) is 18.9 Å². The first-order valence-corrected chi connectivity index (χ1v) is 10.8. The molecule has 1 aromatic heterocycles. The second-order valence-electron chi connectivity index (χ2n) is 6.60. The molecule has 1 amide bonds. The van der Waals surface area contributed by atoms with Gasteiger partial charge < -0.3 is 19.8 Å². The Morgan fingerprint density at radius 3 is 2.70 bits per heavy atom. The normalized spacial score (nSPS) is 11.8. The van der Waals surface area contributed by atoms with E-state index in [2.05, 4.69) is 15.3 Å². The predicted octanol–water partition coefficient (Wildman–Crippen LogP) is 3.86. The fourth-order valence-corrected chi connectivity index (χ4v) is 3.58. The number of para-hydroxylation sites is 3. The lowest BCUT2D eigenvalue weighted by Crippen LogP contribution is -2.33. The Bertz CT molecular complexity index is 972. The average Bonchev–Trinajstić information content (AvgIpc) is 3.19. The highest BCUT2D eigenvalue weighted by atomic mass is 32.2. The van der Waals surface area contributed by atoms with E-state index in [0.29, 0.717) is 23.0 Å². The van der Waals surface area contributed by atoms with Gasteiger partial charge in [0.15, 0.2) is 5.16 Å². The highest BCUT2D eigenvalue weighted by Crippen LogP contribution is 2.28. The lowest BCUT2D eigenvalue weighted by molar-refractivity contribution is -0.154. The van der Waals surface area contributed by atoms with E-state index in [0.717, 1.165) is 23.9 Å². The zero-order valence-corrected chi connectivity index (χ0v) is 17.8. The Hall–Kier alpha value is -3.00. The first-order valence-electron chi connectivity index (χ1n) is 9.80. The molecule has 3 rings (SSSR count). The maximum Gasteiger partial charge on any atom is 0.317 e. The van der Waals surface area contributed by atoms with E-state index in [4.69, 9.17) is 9.47 Å². The molecule has 158 valence electrons. The van der Waals surface area contributed by atoms with E-state index >= 15 is 0 Å². The van der Waals surface area contributed by atoms with Gasteiger partial charge in [0.2, 0.25) is 6.10 Å². The van der Waals surface area contributed by atoms with Gasteiger partial charge >= 0.3 is 5.97 Å². The van der Waals surface area contributed by atoms with Gasteiger partial charge in [0.25, 0.3) is 5.91 Å². The molecule has 0 radical (unpaired) electrons. The van der Waals surface area contributed by atoms with Crippen molar-refractivity contribution in [3.63, 3.8) is 0 Å². The van der Waals surface area contributed by atoms with Crippen molar-refractivity contribution in [1.29, 1.82) is 0 Å². The van der Waals surface area contributed by atoms with Crippen molar-refractivity contribution in [2.45, 2.75) is 31.0 Å². The van der Waals surface area contributed by atoms with Crippen molar-refractivity contribution in [2.75, 3.05) is 19.4 Å². The van der Waals surface area contributed by atoms with Crippen molar-refractivity contribution in [3.8, 4) is 5.75 Å². The van der Waals surface area contributed by atoms with Crippen molar-refractivity contribution in [3.05, 3.63) is 54.1 Å². The number of H-pyrrole nitrogens is 1. The van der Waals surface area contributed by atoms with E-state index in [1.54, 1.807) is 24.3 Å². The number of esters is 1. The summed E-state index contributed by atoms with van der Waals surface area (Å²) in [7, 11) is 1.52. The zero-order chi connectivity index (χ0) is 21.3. The van der Waals surface area contributed by atoms with Gasteiger partial charge in [-0.25, -0.2) is 4.98 Å². The predicted molar refractivity (Wildman–Crippen MR) is 117 cm³/mol. The molecule has 8 heteroatoms. The number of nitrogens with zero attached hydrogens (tertiary/aromatic N) is 1. The number of nitrogens with one attached hydrogen (secondary N) is 2. The summed E-state index contributed by atoms with van der Waals surface area (Å²) in [6, 6.07) is 14.7. The SMILES string of the molecule is CCCCNC(=O)C(OC(=O)CSc1nc2ccccc2[nH]1)c1ccccc1OC. The van der Waals surface area contributed by atoms with Gasteiger partial charge in [-0.15, -0.1) is 0 Å². The van der Waals surface area contributed by atoms with E-state index in [-0.39, 0.29) is 11.7 Å². The summed E-state index contributed by atoms with van der Waals surface area (Å²) in [4.78, 5) is 32.9. The number of methoxy groups -OCH3 is 1. The molecular weight excluding hydrogens is 402 g/mol. The van der Waals surface area contributed by atoms with Crippen LogP contribution in [0, 0.1) is 0 Å². The summed E-state index contributed by atoms with van der Waals surface area (Å²) in [5, 5.41) is 3.45. The molecule has 0 saturated carbocycles. The summed E-state index contributed by atoms with van der Waals surface area (Å²) in [6.07, 6.45) is 0.718. The number of rotatable bonds is 10. The van der Waals surface area contributed by atoms with Crippen molar-refractivity contribution >= 4 is 34.7 Å². The number of aromatic amines is 1. The minimum Gasteiger partial charge on any atom is -0.496 e. The van der Waals surface area contributed by atoms with Crippen molar-refractivity contribution in [2.24, 2.45) is 0 Å². The molecular formula is C22H25N3O4S. The van der Waals surface area contributed by atoms with Gasteiger partial charge in [0.1, 0.15) is 5.75 Å². The highest BCUT2D eigenvalue weighted by Gasteiger charge is 2.27. The molecule has 0 aliphatic rings. The second-order valence-corrected chi connectivity index (χ2v) is 7.57. The highest BCUT2D eigenvalue weighted by molar-refractivity contribution is 7.99. The monoisotopic (exact) mass is 427 g/mol. The third kappa shape index (κ3) is 5.54. The number of ether oxygens (including phenoxy) is 2. The zero-order valence-electron chi connectivity index (χ0n) is 17.0. The minimum atomic E-state index is -1.08. The third-order valence-corrected chi connectivity index (χ3v) is 5.28. The largest absolute Gasteiger partial charge is 0.496 e. The van der Waals surface area contributed by atoms with Crippen LogP contribution in [0.4, 0.5) is 0 Å². The molecule has 0 bridgehead atoms. The lowest BCUT2D eigenvalue weighted by atomic mass is 10.1. The van der Waals surface area contributed by atoms with E-state index in [1.807, 2.05) is 31.2 Å². The molecule has 2 aromatic carbocycles. The number of thioether (sulfide) groups is 1. The molecule has 0 aliphatic carbocycles. The second kappa shape index (κ2) is 10.7. The smallest absolute Gasteiger partial charge is 0.317 e. The van der Waals surface area contributed by atoms with Crippen LogP contribution in [0.2, 0.25) is 0 Å². The first kappa shape index (κ1) is 21.7. The molecule has 0 saturated heterocycles. The molecule has 7 nitrogen and oxygen atoms in total. The molecule has 1 unspecified atom stereocenters. The van der Waals surface area contributed by atoms with Gasteiger partial charge in [-0.05, 0) is 24.6 Å². The van der Waals surface area contributed by atoms with E-state index in [9.17, 15) is 9.59 Å². The fraction of sp³-hybridized carbons (Fsp3) is 0.318. The van der Waals surface area contributed by atoms with Crippen LogP contribution < -0.4 is 10.1 Å². The maximum absolute atomic E-state index is 12.7. The summed E-state index contributed by atoms with van der Waals surface area (Å²) in [5.74, 6) is -0.365. The number of fused-ring (bicyclic) bond motifs is 1. The van der Waals surface area contributed by atoms with Crippen LogP contribution in [0.25, 0.3) is 11.0 Å². The first-order chi connectivity index (χ1) is 14.6. The van der Waals surface area contributed by atoms with Crippen LogP contribution in [0.3, 0.4) is 0 Å². The minimum absolute atomic E-state index is 0.0215. The Morgan fingerprint density at radius 1 is 1.17 bits per heavy atom. The fourth-order valence-electron chi connectivity index (χ4n) is 2.91. The number of amides is 1. The molecule has 1 heterocycles. The Balaban J connectivity index is 1.69. The van der Waals surface area contributed by atoms with E-state index < -0.39 is 12.1 Å². The summed E-state index contributed by atoms with van der Waals surface area (Å²) in [6.45, 7) is 2.56. The standard InChI is InChI=1S/C22H25N3O4S/c1-3-4-13-23-21(27)20(15-9-5-8-12-18(15)28-2)29-19(26)14-30-22-24-16-10-6-7-11-17(16)25-22/h5-12,20H,3-4,13-14H2,1-2H3,(H,23,27)(H,24,25). The number of benzene rings is 2. The van der Waals surface area contributed by atoms with Crippen LogP contribution in [0.5, 0.6) is 5.75 Å². The molecule has 2 N–H and O–H groups in total. The van der Waals surface area contributed by atoms with Crippen LogP contribution in [0.1, 0.15) is 31.4 Å². The number of unbranched alkanes of at least 4 members (excludes halogenated alkanes) is 1. The van der Waals surface area contributed by atoms with Gasteiger partial charge in [-0.3, -0.25) is 9.59 Å². The van der Waals surface area contributed by atoms with Crippen LogP contribution in [0.15, 0.2) is 53.7 Å². The molecule has 3 aromatic rings. The van der Waals surface area contributed by atoms with Crippen molar-refractivity contribution in [1.82, 2.24) is 15.3 Å². The molecule has 1 atom stereocenters. The Morgan fingerprint density at radius 2 is 1.93 bits per heavy atom. The molecule has 0 aliphatic heterocycles. The topological polar surface area (TPSA) is 93.3 Å². The third-order valence-electron chi connectivity index (χ3n) is 4.43. The van der Waals surface area contributed by atoms with Gasteiger partial charge in [-0.2, -0.15) is 0 Å².